The SMILES string of the molecule is CN(C)CC1CCCN1c1cccc(Br)c1C(N)=S. The highest BCUT2D eigenvalue weighted by Crippen LogP contribution is 2.32. The molecule has 1 aromatic carbocycles. The Morgan fingerprint density at radius 3 is 2.89 bits per heavy atom. The highest BCUT2D eigenvalue weighted by molar-refractivity contribution is 9.10. The smallest absolute Gasteiger partial charge is 0.107 e. The van der Waals surface area contributed by atoms with Gasteiger partial charge in [-0.3, -0.25) is 0 Å². The van der Waals surface area contributed by atoms with E-state index in [-0.39, 0.29) is 0 Å². The summed E-state index contributed by atoms with van der Waals surface area (Å²) in [5, 5.41) is 0. The van der Waals surface area contributed by atoms with Crippen LogP contribution in [0.3, 0.4) is 0 Å². The van der Waals surface area contributed by atoms with Crippen molar-refractivity contribution in [2.75, 3.05) is 32.1 Å². The fraction of sp³-hybridized carbons (Fsp3) is 0.500. The monoisotopic (exact) mass is 341 g/mol. The Morgan fingerprint density at radius 2 is 2.26 bits per heavy atom. The molecule has 0 spiro atoms. The maximum absolute atomic E-state index is 5.89. The number of nitrogens with zero attached hydrogens (tertiary/aromatic N) is 2. The minimum Gasteiger partial charge on any atom is -0.389 e. The summed E-state index contributed by atoms with van der Waals surface area (Å²) >= 11 is 8.77. The molecule has 1 aliphatic heterocycles. The molecule has 0 aliphatic carbocycles. The fourth-order valence-electron chi connectivity index (χ4n) is 2.76. The van der Waals surface area contributed by atoms with Gasteiger partial charge in [0, 0.05) is 34.9 Å². The van der Waals surface area contributed by atoms with Crippen molar-refractivity contribution in [3.05, 3.63) is 28.2 Å². The first-order valence-corrected chi connectivity index (χ1v) is 7.70. The van der Waals surface area contributed by atoms with Gasteiger partial charge in [0.05, 0.1) is 0 Å². The van der Waals surface area contributed by atoms with E-state index >= 15 is 0 Å². The first kappa shape index (κ1) is 14.8. The van der Waals surface area contributed by atoms with E-state index in [0.29, 0.717) is 11.0 Å². The van der Waals surface area contributed by atoms with Crippen molar-refractivity contribution in [1.29, 1.82) is 0 Å². The number of thiocarbonyl (C=S) groups is 1. The van der Waals surface area contributed by atoms with Gasteiger partial charge in [-0.05, 0) is 55.0 Å². The van der Waals surface area contributed by atoms with Gasteiger partial charge in [-0.1, -0.05) is 18.3 Å². The van der Waals surface area contributed by atoms with Crippen molar-refractivity contribution in [3.63, 3.8) is 0 Å². The van der Waals surface area contributed by atoms with Crippen LogP contribution in [-0.4, -0.2) is 43.1 Å². The number of hydrogen-bond acceptors (Lipinski definition) is 3. The average Bonchev–Trinajstić information content (AvgIpc) is 2.75. The molecular formula is C14H20BrN3S. The Labute approximate surface area is 128 Å². The van der Waals surface area contributed by atoms with Crippen LogP contribution in [0.15, 0.2) is 22.7 Å². The zero-order valence-corrected chi connectivity index (χ0v) is 13.8. The molecule has 1 atom stereocenters. The number of anilines is 1. The van der Waals surface area contributed by atoms with E-state index in [1.54, 1.807) is 0 Å². The van der Waals surface area contributed by atoms with Crippen LogP contribution in [0.5, 0.6) is 0 Å². The molecule has 0 saturated carbocycles. The van der Waals surface area contributed by atoms with Crippen LogP contribution >= 0.6 is 28.1 Å². The zero-order valence-electron chi connectivity index (χ0n) is 11.4. The third kappa shape index (κ3) is 3.27. The van der Waals surface area contributed by atoms with Gasteiger partial charge in [-0.2, -0.15) is 0 Å². The van der Waals surface area contributed by atoms with Gasteiger partial charge in [0.25, 0.3) is 0 Å². The van der Waals surface area contributed by atoms with Gasteiger partial charge in [-0.25, -0.2) is 0 Å². The van der Waals surface area contributed by atoms with Gasteiger partial charge in [0.2, 0.25) is 0 Å². The molecule has 0 amide bonds. The number of likely N-dealkylation sites (N-methyl/N-ethyl adjacent to an activating group) is 1. The van der Waals surface area contributed by atoms with Crippen LogP contribution in [0.1, 0.15) is 18.4 Å². The molecule has 1 unspecified atom stereocenters. The summed E-state index contributed by atoms with van der Waals surface area (Å²) < 4.78 is 0.980. The van der Waals surface area contributed by atoms with Gasteiger partial charge in [0.1, 0.15) is 4.99 Å². The van der Waals surface area contributed by atoms with Crippen LogP contribution in [0.2, 0.25) is 0 Å². The molecule has 1 fully saturated rings. The first-order chi connectivity index (χ1) is 9.00. The Morgan fingerprint density at radius 1 is 1.53 bits per heavy atom. The van der Waals surface area contributed by atoms with Gasteiger partial charge >= 0.3 is 0 Å². The van der Waals surface area contributed by atoms with Crippen molar-refractivity contribution in [2.45, 2.75) is 18.9 Å². The molecular weight excluding hydrogens is 322 g/mol. The minimum atomic E-state index is 0.456. The highest BCUT2D eigenvalue weighted by atomic mass is 79.9. The number of hydrogen-bond donors (Lipinski definition) is 1. The molecule has 19 heavy (non-hydrogen) atoms. The van der Waals surface area contributed by atoms with Crippen LogP contribution in [-0.2, 0) is 0 Å². The van der Waals surface area contributed by atoms with Crippen molar-refractivity contribution in [3.8, 4) is 0 Å². The third-order valence-corrected chi connectivity index (χ3v) is 4.37. The lowest BCUT2D eigenvalue weighted by Crippen LogP contribution is -2.38. The van der Waals surface area contributed by atoms with E-state index in [1.165, 1.54) is 12.8 Å². The molecule has 2 N–H and O–H groups in total. The second-order valence-corrected chi connectivity index (χ2v) is 6.54. The van der Waals surface area contributed by atoms with Gasteiger partial charge in [-0.15, -0.1) is 0 Å². The molecule has 1 aliphatic rings. The predicted octanol–water partition coefficient (Wildman–Crippen LogP) is 2.61. The molecule has 0 aromatic heterocycles. The van der Waals surface area contributed by atoms with Gasteiger partial charge in [0.15, 0.2) is 0 Å². The largest absolute Gasteiger partial charge is 0.389 e. The standard InChI is InChI=1S/C14H20BrN3S/c1-17(2)9-10-5-4-8-18(10)12-7-3-6-11(15)13(12)14(16)19/h3,6-7,10H,4-5,8-9H2,1-2H3,(H2,16,19). The topological polar surface area (TPSA) is 32.5 Å². The molecule has 3 nitrogen and oxygen atoms in total. The predicted molar refractivity (Wildman–Crippen MR) is 89.0 cm³/mol. The number of nitrogens with two attached hydrogens (primary N) is 1. The second-order valence-electron chi connectivity index (χ2n) is 5.25. The summed E-state index contributed by atoms with van der Waals surface area (Å²) in [5.41, 5.74) is 8.01. The van der Waals surface area contributed by atoms with Crippen LogP contribution in [0.4, 0.5) is 5.69 Å². The van der Waals surface area contributed by atoms with E-state index in [2.05, 4.69) is 45.9 Å². The molecule has 0 radical (unpaired) electrons. The summed E-state index contributed by atoms with van der Waals surface area (Å²) in [4.78, 5) is 5.14. The average molecular weight is 342 g/mol. The third-order valence-electron chi connectivity index (χ3n) is 3.50. The number of halogens is 1. The second kappa shape index (κ2) is 6.20. The van der Waals surface area contributed by atoms with Crippen LogP contribution in [0, 0.1) is 0 Å². The zero-order chi connectivity index (χ0) is 14.0. The maximum atomic E-state index is 5.89. The molecule has 1 aromatic rings. The number of rotatable bonds is 4. The van der Waals surface area contributed by atoms with E-state index in [4.69, 9.17) is 18.0 Å². The van der Waals surface area contributed by atoms with Crippen LogP contribution in [0.25, 0.3) is 0 Å². The summed E-state index contributed by atoms with van der Waals surface area (Å²) in [5.74, 6) is 0. The van der Waals surface area contributed by atoms with E-state index < -0.39 is 0 Å². The Balaban J connectivity index is 2.35. The van der Waals surface area contributed by atoms with Crippen LogP contribution < -0.4 is 10.6 Å². The van der Waals surface area contributed by atoms with E-state index in [9.17, 15) is 0 Å². The first-order valence-electron chi connectivity index (χ1n) is 6.50. The minimum absolute atomic E-state index is 0.456. The number of benzene rings is 1. The Hall–Kier alpha value is -0.650. The summed E-state index contributed by atoms with van der Waals surface area (Å²) in [6, 6.07) is 6.70. The lowest BCUT2D eigenvalue weighted by Gasteiger charge is -2.30. The van der Waals surface area contributed by atoms with Gasteiger partial charge < -0.3 is 15.5 Å². The van der Waals surface area contributed by atoms with Crippen molar-refractivity contribution in [1.82, 2.24) is 4.90 Å². The van der Waals surface area contributed by atoms with Crippen molar-refractivity contribution >= 4 is 38.8 Å². The lowest BCUT2D eigenvalue weighted by atomic mass is 10.1. The molecule has 1 heterocycles. The Kier molecular flexibility index (Phi) is 4.81. The quantitative estimate of drug-likeness (QED) is 0.853. The summed E-state index contributed by atoms with van der Waals surface area (Å²) in [6.07, 6.45) is 2.45. The van der Waals surface area contributed by atoms with E-state index in [0.717, 1.165) is 28.8 Å². The van der Waals surface area contributed by atoms with Crippen molar-refractivity contribution < 1.29 is 0 Å². The molecule has 104 valence electrons. The normalized spacial score (nSPS) is 19.2. The fourth-order valence-corrected chi connectivity index (χ4v) is 3.68. The maximum Gasteiger partial charge on any atom is 0.107 e. The molecule has 1 saturated heterocycles. The Bertz CT molecular complexity index is 476. The molecule has 5 heteroatoms. The lowest BCUT2D eigenvalue weighted by molar-refractivity contribution is 0.372. The molecule has 2 rings (SSSR count). The van der Waals surface area contributed by atoms with Crippen molar-refractivity contribution in [2.24, 2.45) is 5.73 Å². The summed E-state index contributed by atoms with van der Waals surface area (Å²) in [6.45, 7) is 2.13. The molecule has 0 bridgehead atoms. The summed E-state index contributed by atoms with van der Waals surface area (Å²) in [7, 11) is 4.23. The van der Waals surface area contributed by atoms with E-state index in [1.807, 2.05) is 12.1 Å². The highest BCUT2D eigenvalue weighted by Gasteiger charge is 2.27.